The maximum Gasteiger partial charge on any atom is 0.416 e. The third-order valence-corrected chi connectivity index (χ3v) is 7.03. The summed E-state index contributed by atoms with van der Waals surface area (Å²) in [7, 11) is 0. The third kappa shape index (κ3) is 4.77. The number of fused-ring (bicyclic) bond motifs is 2. The number of aliphatic imine (C=N–C) groups is 1. The van der Waals surface area contributed by atoms with Gasteiger partial charge in [-0.1, -0.05) is 30.3 Å². The van der Waals surface area contributed by atoms with Crippen molar-refractivity contribution in [1.29, 1.82) is 0 Å². The second-order valence-electron chi connectivity index (χ2n) is 8.51. The Morgan fingerprint density at radius 1 is 1.12 bits per heavy atom. The van der Waals surface area contributed by atoms with Crippen LogP contribution in [0.1, 0.15) is 28.0 Å². The van der Waals surface area contributed by atoms with Gasteiger partial charge in [0.25, 0.3) is 0 Å². The van der Waals surface area contributed by atoms with Crippen LogP contribution in [0.4, 0.5) is 29.5 Å². The number of para-hydroxylation sites is 2. The average Bonchev–Trinajstić information content (AvgIpc) is 3.09. The van der Waals surface area contributed by atoms with E-state index < -0.39 is 11.7 Å². The van der Waals surface area contributed by atoms with Crippen molar-refractivity contribution in [1.82, 2.24) is 10.2 Å². The minimum Gasteiger partial charge on any atom is -0.353 e. The minimum absolute atomic E-state index is 0.172. The van der Waals surface area contributed by atoms with Gasteiger partial charge in [0, 0.05) is 30.6 Å². The molecular weight excluding hydrogens is 445 g/mol. The molecule has 5 rings (SSSR count). The lowest BCUT2D eigenvalue weighted by Gasteiger charge is -2.36. The summed E-state index contributed by atoms with van der Waals surface area (Å²) >= 11 is 1.72. The van der Waals surface area contributed by atoms with E-state index in [4.69, 9.17) is 4.99 Å². The number of nitrogens with one attached hydrogen (secondary N) is 2. The maximum atomic E-state index is 13.0. The van der Waals surface area contributed by atoms with Gasteiger partial charge in [0.1, 0.15) is 10.8 Å². The highest BCUT2D eigenvalue weighted by Gasteiger charge is 2.31. The van der Waals surface area contributed by atoms with Gasteiger partial charge in [0.2, 0.25) is 0 Å². The molecule has 2 aromatic carbocycles. The van der Waals surface area contributed by atoms with Crippen LogP contribution in [0.5, 0.6) is 0 Å². The third-order valence-electron chi connectivity index (χ3n) is 6.07. The molecule has 3 aromatic rings. The summed E-state index contributed by atoms with van der Waals surface area (Å²) in [4.78, 5) is 8.57. The number of amidine groups is 1. The van der Waals surface area contributed by atoms with Crippen LogP contribution in [0.15, 0.2) is 59.6 Å². The van der Waals surface area contributed by atoms with Crippen molar-refractivity contribution in [2.75, 3.05) is 25.0 Å². The molecule has 0 unspecified atom stereocenters. The molecule has 8 heteroatoms. The highest BCUT2D eigenvalue weighted by molar-refractivity contribution is 7.16. The van der Waals surface area contributed by atoms with Gasteiger partial charge in [-0.25, -0.2) is 4.99 Å². The van der Waals surface area contributed by atoms with Gasteiger partial charge >= 0.3 is 6.18 Å². The number of hydrogen-bond donors (Lipinski definition) is 2. The van der Waals surface area contributed by atoms with E-state index in [0.29, 0.717) is 12.0 Å². The molecular formula is C25H25F3N4S. The summed E-state index contributed by atoms with van der Waals surface area (Å²) in [6.07, 6.45) is -2.96. The minimum atomic E-state index is -4.31. The van der Waals surface area contributed by atoms with E-state index in [1.165, 1.54) is 17.0 Å². The number of thiophene rings is 1. The number of alkyl halides is 3. The molecule has 4 nitrogen and oxygen atoms in total. The van der Waals surface area contributed by atoms with Crippen molar-refractivity contribution in [2.45, 2.75) is 32.0 Å². The molecule has 0 spiro atoms. The van der Waals surface area contributed by atoms with Crippen molar-refractivity contribution < 1.29 is 13.2 Å². The SMILES string of the molecule is Cc1cc2c(s1)Nc1ccccc1N=C2N1CCN[C@@H](CCc2cccc(C(F)(F)F)c2)C1. The van der Waals surface area contributed by atoms with E-state index in [1.807, 2.05) is 24.3 Å². The van der Waals surface area contributed by atoms with E-state index in [-0.39, 0.29) is 6.04 Å². The first kappa shape index (κ1) is 22.0. The predicted octanol–water partition coefficient (Wildman–Crippen LogP) is 6.12. The molecule has 2 aliphatic rings. The molecule has 0 bridgehead atoms. The summed E-state index contributed by atoms with van der Waals surface area (Å²) < 4.78 is 39.1. The number of benzene rings is 2. The Balaban J connectivity index is 1.35. The molecule has 1 fully saturated rings. The fourth-order valence-corrected chi connectivity index (χ4v) is 5.36. The fourth-order valence-electron chi connectivity index (χ4n) is 4.44. The maximum absolute atomic E-state index is 13.0. The molecule has 1 atom stereocenters. The molecule has 0 radical (unpaired) electrons. The second kappa shape index (κ2) is 8.83. The van der Waals surface area contributed by atoms with Crippen LogP contribution in [0.3, 0.4) is 0 Å². The van der Waals surface area contributed by atoms with E-state index in [1.54, 1.807) is 17.4 Å². The number of halogens is 3. The molecule has 0 amide bonds. The van der Waals surface area contributed by atoms with Crippen LogP contribution in [0.25, 0.3) is 0 Å². The average molecular weight is 471 g/mol. The quantitative estimate of drug-likeness (QED) is 0.485. The number of piperazine rings is 1. The zero-order valence-corrected chi connectivity index (χ0v) is 19.1. The number of anilines is 2. The Hall–Kier alpha value is -2.84. The van der Waals surface area contributed by atoms with Gasteiger partial charge in [0.15, 0.2) is 0 Å². The molecule has 0 saturated carbocycles. The highest BCUT2D eigenvalue weighted by Crippen LogP contribution is 2.39. The van der Waals surface area contributed by atoms with Crippen LogP contribution in [0, 0.1) is 6.92 Å². The number of rotatable bonds is 3. The van der Waals surface area contributed by atoms with E-state index in [0.717, 1.165) is 59.9 Å². The van der Waals surface area contributed by atoms with Crippen molar-refractivity contribution >= 4 is 33.5 Å². The van der Waals surface area contributed by atoms with Crippen LogP contribution in [-0.4, -0.2) is 36.4 Å². The molecule has 33 heavy (non-hydrogen) atoms. The summed E-state index contributed by atoms with van der Waals surface area (Å²) in [6, 6.07) is 16.0. The fraction of sp³-hybridized carbons (Fsp3) is 0.320. The van der Waals surface area contributed by atoms with Crippen LogP contribution < -0.4 is 10.6 Å². The smallest absolute Gasteiger partial charge is 0.353 e. The highest BCUT2D eigenvalue weighted by atomic mass is 32.1. The van der Waals surface area contributed by atoms with Gasteiger partial charge in [-0.05, 0) is 49.6 Å². The van der Waals surface area contributed by atoms with Gasteiger partial charge in [-0.3, -0.25) is 0 Å². The summed E-state index contributed by atoms with van der Waals surface area (Å²) in [6.45, 7) is 4.49. The van der Waals surface area contributed by atoms with E-state index in [9.17, 15) is 13.2 Å². The lowest BCUT2D eigenvalue weighted by Crippen LogP contribution is -2.52. The first-order valence-electron chi connectivity index (χ1n) is 11.1. The lowest BCUT2D eigenvalue weighted by atomic mass is 10.0. The van der Waals surface area contributed by atoms with E-state index >= 15 is 0 Å². The van der Waals surface area contributed by atoms with Crippen LogP contribution >= 0.6 is 11.3 Å². The van der Waals surface area contributed by atoms with Gasteiger partial charge < -0.3 is 15.5 Å². The molecule has 3 heterocycles. The molecule has 172 valence electrons. The van der Waals surface area contributed by atoms with Crippen molar-refractivity contribution in [3.8, 4) is 0 Å². The molecule has 1 aromatic heterocycles. The van der Waals surface area contributed by atoms with Crippen LogP contribution in [-0.2, 0) is 12.6 Å². The largest absolute Gasteiger partial charge is 0.416 e. The lowest BCUT2D eigenvalue weighted by molar-refractivity contribution is -0.137. The Bertz CT molecular complexity index is 1180. The zero-order valence-electron chi connectivity index (χ0n) is 18.2. The first-order valence-corrected chi connectivity index (χ1v) is 11.9. The molecule has 1 saturated heterocycles. The summed E-state index contributed by atoms with van der Waals surface area (Å²) in [5, 5.41) is 8.17. The Labute approximate surface area is 195 Å². The van der Waals surface area contributed by atoms with Crippen molar-refractivity contribution in [3.63, 3.8) is 0 Å². The van der Waals surface area contributed by atoms with Gasteiger partial charge in [-0.15, -0.1) is 11.3 Å². The Morgan fingerprint density at radius 3 is 2.82 bits per heavy atom. The van der Waals surface area contributed by atoms with Crippen molar-refractivity contribution in [3.05, 3.63) is 76.2 Å². The number of aryl methyl sites for hydroxylation is 2. The second-order valence-corrected chi connectivity index (χ2v) is 9.77. The van der Waals surface area contributed by atoms with Crippen LogP contribution in [0.2, 0.25) is 0 Å². The number of hydrogen-bond acceptors (Lipinski definition) is 5. The normalized spacial score (nSPS) is 18.1. The zero-order chi connectivity index (χ0) is 23.0. The Morgan fingerprint density at radius 2 is 1.97 bits per heavy atom. The topological polar surface area (TPSA) is 39.7 Å². The van der Waals surface area contributed by atoms with Gasteiger partial charge in [-0.2, -0.15) is 13.2 Å². The predicted molar refractivity (Wildman–Crippen MR) is 128 cm³/mol. The molecule has 2 N–H and O–H groups in total. The van der Waals surface area contributed by atoms with Gasteiger partial charge in [0.05, 0.1) is 22.5 Å². The first-order chi connectivity index (χ1) is 15.9. The monoisotopic (exact) mass is 470 g/mol. The summed E-state index contributed by atoms with van der Waals surface area (Å²) in [5.41, 5.74) is 3.13. The molecule has 0 aliphatic carbocycles. The summed E-state index contributed by atoms with van der Waals surface area (Å²) in [5.74, 6) is 0.956. The van der Waals surface area contributed by atoms with Crippen molar-refractivity contribution in [2.24, 2.45) is 4.99 Å². The van der Waals surface area contributed by atoms with E-state index in [2.05, 4.69) is 28.5 Å². The Kier molecular flexibility index (Phi) is 5.88. The molecule has 2 aliphatic heterocycles. The standard InChI is InChI=1S/C25H25F3N4S/c1-16-13-20-23(30-21-7-2-3-8-22(21)31-24(20)33-16)32-12-11-29-19(15-32)10-9-17-5-4-6-18(14-17)25(26,27)28/h2-8,13-14,19,29,31H,9-12,15H2,1H3/t19-/m0/s1. The number of nitrogens with zero attached hydrogens (tertiary/aromatic N) is 2.